The summed E-state index contributed by atoms with van der Waals surface area (Å²) >= 11 is 0. The summed E-state index contributed by atoms with van der Waals surface area (Å²) in [7, 11) is -2.43. The number of para-hydroxylation sites is 1. The van der Waals surface area contributed by atoms with E-state index >= 15 is 0 Å². The summed E-state index contributed by atoms with van der Waals surface area (Å²) in [4.78, 5) is 17.4. The van der Waals surface area contributed by atoms with Crippen molar-refractivity contribution in [3.05, 3.63) is 83.9 Å². The maximum absolute atomic E-state index is 13.6. The molecule has 0 spiro atoms. The number of benzene rings is 3. The first-order chi connectivity index (χ1) is 16.8. The average molecular weight is 494 g/mol. The Labute approximate surface area is 207 Å². The number of nitrogens with zero attached hydrogens (tertiary/aromatic N) is 3. The van der Waals surface area contributed by atoms with Crippen molar-refractivity contribution in [3.63, 3.8) is 0 Å². The Morgan fingerprint density at radius 1 is 0.886 bits per heavy atom. The van der Waals surface area contributed by atoms with Gasteiger partial charge in [0.1, 0.15) is 12.3 Å². The summed E-state index contributed by atoms with van der Waals surface area (Å²) < 4.78 is 33.5. The van der Waals surface area contributed by atoms with E-state index in [-0.39, 0.29) is 17.3 Å². The van der Waals surface area contributed by atoms with Crippen molar-refractivity contribution in [1.29, 1.82) is 0 Å². The molecule has 35 heavy (non-hydrogen) atoms. The average Bonchev–Trinajstić information content (AvgIpc) is 2.89. The molecule has 8 heteroatoms. The van der Waals surface area contributed by atoms with E-state index in [2.05, 4.69) is 36.9 Å². The van der Waals surface area contributed by atoms with E-state index in [4.69, 9.17) is 4.74 Å². The Morgan fingerprint density at radius 3 is 2.17 bits per heavy atom. The van der Waals surface area contributed by atoms with E-state index in [1.165, 1.54) is 40.4 Å². The summed E-state index contributed by atoms with van der Waals surface area (Å²) in [6, 6.07) is 21.2. The minimum absolute atomic E-state index is 0.106. The lowest BCUT2D eigenvalue weighted by Crippen LogP contribution is -2.52. The molecule has 0 N–H and O–H groups in total. The number of carbonyl (C=O) groups excluding carboxylic acids is 1. The number of ether oxygens (including phenoxy) is 1. The Balaban J connectivity index is 1.52. The SMILES string of the molecule is COc1ccc(S(=O)(=O)N(CC(=O)N2CCN(c3cccc(C)c3C)CC2)c2ccccc2)cc1. The Bertz CT molecular complexity index is 1270. The molecular weight excluding hydrogens is 462 g/mol. The van der Waals surface area contributed by atoms with Crippen molar-refractivity contribution < 1.29 is 17.9 Å². The first-order valence-electron chi connectivity index (χ1n) is 11.6. The molecule has 0 unspecified atom stereocenters. The highest BCUT2D eigenvalue weighted by atomic mass is 32.2. The zero-order valence-electron chi connectivity index (χ0n) is 20.3. The van der Waals surface area contributed by atoms with Crippen LogP contribution in [0.5, 0.6) is 5.75 Å². The van der Waals surface area contributed by atoms with Crippen LogP contribution in [0.4, 0.5) is 11.4 Å². The van der Waals surface area contributed by atoms with Gasteiger partial charge in [-0.05, 0) is 67.4 Å². The Hall–Kier alpha value is -3.52. The third-order valence-electron chi connectivity index (χ3n) is 6.52. The van der Waals surface area contributed by atoms with Gasteiger partial charge in [-0.2, -0.15) is 0 Å². The predicted molar refractivity (Wildman–Crippen MR) is 139 cm³/mol. The highest BCUT2D eigenvalue weighted by Gasteiger charge is 2.30. The first kappa shape index (κ1) is 24.6. The number of sulfonamides is 1. The molecule has 0 bridgehead atoms. The topological polar surface area (TPSA) is 70.2 Å². The minimum atomic E-state index is -3.96. The van der Waals surface area contributed by atoms with Gasteiger partial charge in [0.05, 0.1) is 17.7 Å². The molecule has 4 rings (SSSR count). The molecule has 1 amide bonds. The second-order valence-corrected chi connectivity index (χ2v) is 10.5. The molecule has 1 heterocycles. The summed E-state index contributed by atoms with van der Waals surface area (Å²) in [6.45, 7) is 6.43. The van der Waals surface area contributed by atoms with Gasteiger partial charge in [-0.25, -0.2) is 8.42 Å². The van der Waals surface area contributed by atoms with Crippen LogP contribution in [0.1, 0.15) is 11.1 Å². The monoisotopic (exact) mass is 493 g/mol. The number of carbonyl (C=O) groups is 1. The van der Waals surface area contributed by atoms with Crippen LogP contribution in [0.25, 0.3) is 0 Å². The smallest absolute Gasteiger partial charge is 0.264 e. The molecule has 3 aromatic carbocycles. The van der Waals surface area contributed by atoms with Crippen LogP contribution < -0.4 is 13.9 Å². The van der Waals surface area contributed by atoms with Crippen molar-refractivity contribution in [2.75, 3.05) is 49.0 Å². The van der Waals surface area contributed by atoms with E-state index in [9.17, 15) is 13.2 Å². The number of aryl methyl sites for hydroxylation is 1. The number of hydrogen-bond acceptors (Lipinski definition) is 5. The molecule has 1 aliphatic rings. The number of hydrogen-bond donors (Lipinski definition) is 0. The minimum Gasteiger partial charge on any atom is -0.497 e. The highest BCUT2D eigenvalue weighted by Crippen LogP contribution is 2.26. The fourth-order valence-electron chi connectivity index (χ4n) is 4.28. The van der Waals surface area contributed by atoms with Gasteiger partial charge in [-0.1, -0.05) is 30.3 Å². The molecule has 0 saturated carbocycles. The molecule has 3 aromatic rings. The molecule has 1 fully saturated rings. The number of anilines is 2. The van der Waals surface area contributed by atoms with Crippen molar-refractivity contribution in [2.24, 2.45) is 0 Å². The van der Waals surface area contributed by atoms with Crippen molar-refractivity contribution in [2.45, 2.75) is 18.7 Å². The number of piperazine rings is 1. The molecule has 7 nitrogen and oxygen atoms in total. The van der Waals surface area contributed by atoms with Gasteiger partial charge in [0.15, 0.2) is 0 Å². The molecule has 184 valence electrons. The Kier molecular flexibility index (Phi) is 7.31. The van der Waals surface area contributed by atoms with Crippen LogP contribution in [0, 0.1) is 13.8 Å². The standard InChI is InChI=1S/C27H31N3O4S/c1-21-8-7-11-26(22(21)2)28-16-18-29(19-17-28)27(31)20-30(23-9-5-4-6-10-23)35(32,33)25-14-12-24(34-3)13-15-25/h4-15H,16-20H2,1-3H3. The highest BCUT2D eigenvalue weighted by molar-refractivity contribution is 7.92. The predicted octanol–water partition coefficient (Wildman–Crippen LogP) is 3.86. The zero-order valence-corrected chi connectivity index (χ0v) is 21.2. The fraction of sp³-hybridized carbons (Fsp3) is 0.296. The van der Waals surface area contributed by atoms with Gasteiger partial charge in [0.25, 0.3) is 10.0 Å². The molecule has 0 aliphatic carbocycles. The second kappa shape index (κ2) is 10.4. The van der Waals surface area contributed by atoms with Crippen LogP contribution in [-0.4, -0.2) is 59.1 Å². The van der Waals surface area contributed by atoms with E-state index < -0.39 is 10.0 Å². The van der Waals surface area contributed by atoms with E-state index in [1.807, 2.05) is 6.07 Å². The second-order valence-electron chi connectivity index (χ2n) is 8.61. The maximum atomic E-state index is 13.6. The molecular formula is C27H31N3O4S. The molecule has 0 radical (unpaired) electrons. The van der Waals surface area contributed by atoms with E-state index in [0.29, 0.717) is 37.6 Å². The van der Waals surface area contributed by atoms with Crippen LogP contribution in [-0.2, 0) is 14.8 Å². The zero-order chi connectivity index (χ0) is 25.0. The van der Waals surface area contributed by atoms with Crippen LogP contribution in [0.2, 0.25) is 0 Å². The van der Waals surface area contributed by atoms with Gasteiger partial charge >= 0.3 is 0 Å². The van der Waals surface area contributed by atoms with Crippen molar-refractivity contribution >= 4 is 27.3 Å². The Morgan fingerprint density at radius 2 is 1.54 bits per heavy atom. The van der Waals surface area contributed by atoms with Gasteiger partial charge < -0.3 is 14.5 Å². The summed E-state index contributed by atoms with van der Waals surface area (Å²) in [5, 5.41) is 0. The van der Waals surface area contributed by atoms with Crippen LogP contribution in [0.15, 0.2) is 77.7 Å². The maximum Gasteiger partial charge on any atom is 0.264 e. The normalized spacial score (nSPS) is 14.0. The van der Waals surface area contributed by atoms with E-state index in [0.717, 1.165) is 0 Å². The molecule has 1 aliphatic heterocycles. The number of rotatable bonds is 7. The molecule has 0 atom stereocenters. The summed E-state index contributed by atoms with van der Waals surface area (Å²) in [5.74, 6) is 0.347. The lowest BCUT2D eigenvalue weighted by atomic mass is 10.1. The fourth-order valence-corrected chi connectivity index (χ4v) is 5.70. The van der Waals surface area contributed by atoms with Crippen molar-refractivity contribution in [3.8, 4) is 5.75 Å². The summed E-state index contributed by atoms with van der Waals surface area (Å²) in [5.41, 5.74) is 4.12. The van der Waals surface area contributed by atoms with E-state index in [1.54, 1.807) is 41.3 Å². The van der Waals surface area contributed by atoms with Gasteiger partial charge in [0.2, 0.25) is 5.91 Å². The number of methoxy groups -OCH3 is 1. The van der Waals surface area contributed by atoms with Gasteiger partial charge in [0, 0.05) is 31.9 Å². The lowest BCUT2D eigenvalue weighted by molar-refractivity contribution is -0.129. The first-order valence-corrected chi connectivity index (χ1v) is 13.1. The van der Waals surface area contributed by atoms with Crippen LogP contribution >= 0.6 is 0 Å². The third kappa shape index (κ3) is 5.27. The summed E-state index contributed by atoms with van der Waals surface area (Å²) in [6.07, 6.45) is 0. The molecule has 0 aromatic heterocycles. The third-order valence-corrected chi connectivity index (χ3v) is 8.31. The van der Waals surface area contributed by atoms with Crippen molar-refractivity contribution in [1.82, 2.24) is 4.90 Å². The quantitative estimate of drug-likeness (QED) is 0.500. The van der Waals surface area contributed by atoms with Gasteiger partial charge in [-0.3, -0.25) is 9.10 Å². The van der Waals surface area contributed by atoms with Crippen LogP contribution in [0.3, 0.4) is 0 Å². The largest absolute Gasteiger partial charge is 0.497 e. The number of amides is 1. The lowest BCUT2D eigenvalue weighted by Gasteiger charge is -2.38. The molecule has 1 saturated heterocycles. The van der Waals surface area contributed by atoms with Gasteiger partial charge in [-0.15, -0.1) is 0 Å².